The summed E-state index contributed by atoms with van der Waals surface area (Å²) < 4.78 is 16.9. The topological polar surface area (TPSA) is 27.7 Å². The molecule has 100 valence electrons. The lowest BCUT2D eigenvalue weighted by atomic mass is 9.95. The molecule has 1 aromatic carbocycles. The molecule has 1 aromatic rings. The predicted molar refractivity (Wildman–Crippen MR) is 70.2 cm³/mol. The number of hydrogen-bond donors (Lipinski definition) is 0. The lowest BCUT2D eigenvalue weighted by Gasteiger charge is -2.34. The normalized spacial score (nSPS) is 19.9. The van der Waals surface area contributed by atoms with Crippen LogP contribution in [0.1, 0.15) is 25.8 Å². The van der Waals surface area contributed by atoms with Crippen molar-refractivity contribution in [1.29, 1.82) is 0 Å². The van der Waals surface area contributed by atoms with Crippen molar-refractivity contribution >= 4 is 0 Å². The van der Waals surface area contributed by atoms with Gasteiger partial charge in [0.15, 0.2) is 6.29 Å². The Kier molecular flexibility index (Phi) is 4.75. The average molecular weight is 250 g/mol. The summed E-state index contributed by atoms with van der Waals surface area (Å²) in [5.41, 5.74) is 1.34. The molecule has 0 radical (unpaired) electrons. The van der Waals surface area contributed by atoms with Gasteiger partial charge in [-0.25, -0.2) is 0 Å². The standard InChI is InChI=1S/C15H22O3/c1-15(2)11-17-14(18-12-15)8-9-16-10-13-6-4-3-5-7-13/h3-7,14H,8-12H2,1-2H3. The fourth-order valence-electron chi connectivity index (χ4n) is 1.84. The van der Waals surface area contributed by atoms with E-state index in [9.17, 15) is 0 Å². The Morgan fingerprint density at radius 1 is 1.17 bits per heavy atom. The zero-order valence-electron chi connectivity index (χ0n) is 11.2. The fourth-order valence-corrected chi connectivity index (χ4v) is 1.84. The van der Waals surface area contributed by atoms with Crippen LogP contribution in [0.5, 0.6) is 0 Å². The molecular formula is C15H22O3. The molecule has 3 nitrogen and oxygen atoms in total. The van der Waals surface area contributed by atoms with Gasteiger partial charge in [0.25, 0.3) is 0 Å². The Bertz CT molecular complexity index is 338. The van der Waals surface area contributed by atoms with E-state index in [0.29, 0.717) is 13.2 Å². The highest BCUT2D eigenvalue weighted by Crippen LogP contribution is 2.23. The smallest absolute Gasteiger partial charge is 0.159 e. The number of rotatable bonds is 5. The van der Waals surface area contributed by atoms with Gasteiger partial charge in [-0.15, -0.1) is 0 Å². The van der Waals surface area contributed by atoms with E-state index in [2.05, 4.69) is 26.0 Å². The quantitative estimate of drug-likeness (QED) is 0.752. The summed E-state index contributed by atoms with van der Waals surface area (Å²) in [5.74, 6) is 0. The lowest BCUT2D eigenvalue weighted by molar-refractivity contribution is -0.227. The van der Waals surface area contributed by atoms with Crippen LogP contribution >= 0.6 is 0 Å². The minimum Gasteiger partial charge on any atom is -0.377 e. The van der Waals surface area contributed by atoms with E-state index < -0.39 is 0 Å². The molecular weight excluding hydrogens is 228 g/mol. The van der Waals surface area contributed by atoms with Crippen LogP contribution in [0.15, 0.2) is 30.3 Å². The molecule has 1 saturated heterocycles. The summed E-state index contributed by atoms with van der Waals surface area (Å²) >= 11 is 0. The molecule has 0 aliphatic carbocycles. The van der Waals surface area contributed by atoms with E-state index in [4.69, 9.17) is 14.2 Å². The molecule has 3 heteroatoms. The maximum Gasteiger partial charge on any atom is 0.159 e. The Morgan fingerprint density at radius 2 is 1.83 bits per heavy atom. The van der Waals surface area contributed by atoms with Crippen LogP contribution in [0, 0.1) is 5.41 Å². The van der Waals surface area contributed by atoms with Crippen molar-refractivity contribution in [2.24, 2.45) is 5.41 Å². The Hall–Kier alpha value is -0.900. The van der Waals surface area contributed by atoms with Crippen molar-refractivity contribution < 1.29 is 14.2 Å². The first-order valence-corrected chi connectivity index (χ1v) is 6.51. The first-order chi connectivity index (χ1) is 8.66. The molecule has 0 unspecified atom stereocenters. The number of benzene rings is 1. The second-order valence-electron chi connectivity index (χ2n) is 5.54. The van der Waals surface area contributed by atoms with E-state index in [1.165, 1.54) is 5.56 Å². The third-order valence-corrected chi connectivity index (χ3v) is 2.93. The first kappa shape index (κ1) is 13.5. The van der Waals surface area contributed by atoms with Gasteiger partial charge < -0.3 is 14.2 Å². The Labute approximate surface area is 109 Å². The Morgan fingerprint density at radius 3 is 2.50 bits per heavy atom. The van der Waals surface area contributed by atoms with Gasteiger partial charge in [0.05, 0.1) is 26.4 Å². The molecule has 0 saturated carbocycles. The fraction of sp³-hybridized carbons (Fsp3) is 0.600. The molecule has 1 heterocycles. The highest BCUT2D eigenvalue weighted by atomic mass is 16.7. The van der Waals surface area contributed by atoms with Gasteiger partial charge in [-0.1, -0.05) is 44.2 Å². The van der Waals surface area contributed by atoms with Gasteiger partial charge >= 0.3 is 0 Å². The van der Waals surface area contributed by atoms with Crippen molar-refractivity contribution in [3.8, 4) is 0 Å². The van der Waals surface area contributed by atoms with Crippen molar-refractivity contribution in [2.75, 3.05) is 19.8 Å². The van der Waals surface area contributed by atoms with Gasteiger partial charge in [-0.05, 0) is 5.56 Å². The Balaban J connectivity index is 1.59. The SMILES string of the molecule is CC1(C)COC(CCOCc2ccccc2)OC1. The zero-order chi connectivity index (χ0) is 12.8. The van der Waals surface area contributed by atoms with Crippen LogP contribution in [0.3, 0.4) is 0 Å². The summed E-state index contributed by atoms with van der Waals surface area (Å²) in [6.45, 7) is 7.13. The molecule has 0 N–H and O–H groups in total. The molecule has 0 aromatic heterocycles. The molecule has 0 atom stereocenters. The maximum absolute atomic E-state index is 5.64. The largest absolute Gasteiger partial charge is 0.377 e. The van der Waals surface area contributed by atoms with Gasteiger partial charge in [0, 0.05) is 11.8 Å². The van der Waals surface area contributed by atoms with Crippen LogP contribution in [-0.2, 0) is 20.8 Å². The monoisotopic (exact) mass is 250 g/mol. The van der Waals surface area contributed by atoms with E-state index in [1.54, 1.807) is 0 Å². The number of ether oxygens (including phenoxy) is 3. The van der Waals surface area contributed by atoms with Crippen LogP contribution in [0.4, 0.5) is 0 Å². The van der Waals surface area contributed by atoms with Gasteiger partial charge in [0.1, 0.15) is 0 Å². The summed E-state index contributed by atoms with van der Waals surface area (Å²) in [6.07, 6.45) is 0.692. The minimum absolute atomic E-state index is 0.103. The van der Waals surface area contributed by atoms with Gasteiger partial charge in [-0.3, -0.25) is 0 Å². The van der Waals surface area contributed by atoms with Gasteiger partial charge in [0.2, 0.25) is 0 Å². The van der Waals surface area contributed by atoms with Crippen LogP contribution in [0.25, 0.3) is 0 Å². The highest BCUT2D eigenvalue weighted by Gasteiger charge is 2.27. The van der Waals surface area contributed by atoms with Crippen LogP contribution in [-0.4, -0.2) is 26.1 Å². The molecule has 1 aliphatic heterocycles. The number of hydrogen-bond acceptors (Lipinski definition) is 3. The van der Waals surface area contributed by atoms with Gasteiger partial charge in [-0.2, -0.15) is 0 Å². The lowest BCUT2D eigenvalue weighted by Crippen LogP contribution is -2.38. The summed E-state index contributed by atoms with van der Waals surface area (Å²) in [7, 11) is 0. The second kappa shape index (κ2) is 6.32. The average Bonchev–Trinajstić information content (AvgIpc) is 2.37. The summed E-state index contributed by atoms with van der Waals surface area (Å²) in [6, 6.07) is 10.2. The minimum atomic E-state index is -0.103. The predicted octanol–water partition coefficient (Wildman–Crippen LogP) is 2.99. The van der Waals surface area contributed by atoms with E-state index in [-0.39, 0.29) is 11.7 Å². The summed E-state index contributed by atoms with van der Waals surface area (Å²) in [4.78, 5) is 0. The molecule has 0 spiro atoms. The molecule has 1 aliphatic rings. The van der Waals surface area contributed by atoms with E-state index in [0.717, 1.165) is 19.6 Å². The highest BCUT2D eigenvalue weighted by molar-refractivity contribution is 5.13. The van der Waals surface area contributed by atoms with Crippen LogP contribution in [0.2, 0.25) is 0 Å². The maximum atomic E-state index is 5.64. The summed E-state index contributed by atoms with van der Waals surface area (Å²) in [5, 5.41) is 0. The van der Waals surface area contributed by atoms with Crippen molar-refractivity contribution in [3.05, 3.63) is 35.9 Å². The van der Waals surface area contributed by atoms with Crippen molar-refractivity contribution in [1.82, 2.24) is 0 Å². The molecule has 1 fully saturated rings. The zero-order valence-corrected chi connectivity index (χ0v) is 11.2. The second-order valence-corrected chi connectivity index (χ2v) is 5.54. The molecule has 0 amide bonds. The third kappa shape index (κ3) is 4.41. The molecule has 0 bridgehead atoms. The van der Waals surface area contributed by atoms with E-state index in [1.807, 2.05) is 18.2 Å². The third-order valence-electron chi connectivity index (χ3n) is 2.93. The molecule has 2 rings (SSSR count). The van der Waals surface area contributed by atoms with E-state index >= 15 is 0 Å². The van der Waals surface area contributed by atoms with Crippen LogP contribution < -0.4 is 0 Å². The van der Waals surface area contributed by atoms with Crippen molar-refractivity contribution in [3.63, 3.8) is 0 Å². The van der Waals surface area contributed by atoms with Crippen molar-refractivity contribution in [2.45, 2.75) is 33.2 Å². The molecule has 18 heavy (non-hydrogen) atoms. The first-order valence-electron chi connectivity index (χ1n) is 6.51.